The minimum atomic E-state index is -0.649. The summed E-state index contributed by atoms with van der Waals surface area (Å²) in [6.07, 6.45) is 1.52. The Kier molecular flexibility index (Phi) is 2.12. The Morgan fingerprint density at radius 2 is 2.46 bits per heavy atom. The molecule has 3 heteroatoms. The summed E-state index contributed by atoms with van der Waals surface area (Å²) in [4.78, 5) is 12.2. The molecule has 13 heavy (non-hydrogen) atoms. The van der Waals surface area contributed by atoms with Gasteiger partial charge in [0.25, 0.3) is 0 Å². The van der Waals surface area contributed by atoms with Crippen LogP contribution in [0.1, 0.15) is 29.7 Å². The molecule has 0 spiro atoms. The van der Waals surface area contributed by atoms with Gasteiger partial charge in [-0.3, -0.25) is 4.79 Å². The number of fused-ring (bicyclic) bond motifs is 1. The third-order valence-electron chi connectivity index (χ3n) is 2.68. The Bertz CT molecular complexity index is 329. The number of carboxylic acid groups (broad SMARTS) is 1. The molecule has 0 aromatic carbocycles. The zero-order valence-electron chi connectivity index (χ0n) is 7.49. The summed E-state index contributed by atoms with van der Waals surface area (Å²) in [5.41, 5.74) is 1.25. The maximum atomic E-state index is 10.8. The van der Waals surface area contributed by atoms with Gasteiger partial charge in [0.1, 0.15) is 0 Å². The minimum absolute atomic E-state index is 0.169. The van der Waals surface area contributed by atoms with E-state index in [0.717, 1.165) is 12.8 Å². The molecule has 0 saturated carbocycles. The lowest BCUT2D eigenvalue weighted by Gasteiger charge is -2.23. The van der Waals surface area contributed by atoms with Crippen molar-refractivity contribution in [3.8, 4) is 0 Å². The van der Waals surface area contributed by atoms with E-state index in [2.05, 4.69) is 18.4 Å². The number of carbonyl (C=O) groups is 1. The highest BCUT2D eigenvalue weighted by Gasteiger charge is 2.29. The summed E-state index contributed by atoms with van der Waals surface area (Å²) in [5.74, 6) is -0.398. The van der Waals surface area contributed by atoms with Gasteiger partial charge in [0.05, 0.1) is 5.92 Å². The van der Waals surface area contributed by atoms with Gasteiger partial charge in [0, 0.05) is 4.88 Å². The fourth-order valence-corrected chi connectivity index (χ4v) is 3.03. The molecule has 1 aliphatic carbocycles. The maximum absolute atomic E-state index is 10.8. The smallest absolute Gasteiger partial charge is 0.306 e. The summed E-state index contributed by atoms with van der Waals surface area (Å²) in [7, 11) is 0. The van der Waals surface area contributed by atoms with Crippen molar-refractivity contribution in [1.82, 2.24) is 0 Å². The van der Waals surface area contributed by atoms with Gasteiger partial charge < -0.3 is 5.11 Å². The van der Waals surface area contributed by atoms with Crippen LogP contribution in [-0.4, -0.2) is 11.1 Å². The third kappa shape index (κ3) is 1.48. The van der Waals surface area contributed by atoms with E-state index in [1.54, 1.807) is 11.3 Å². The molecular weight excluding hydrogens is 184 g/mol. The van der Waals surface area contributed by atoms with Crippen molar-refractivity contribution in [2.75, 3.05) is 0 Å². The Morgan fingerprint density at radius 1 is 1.69 bits per heavy atom. The molecule has 0 aliphatic heterocycles. The van der Waals surface area contributed by atoms with Crippen LogP contribution in [0.5, 0.6) is 0 Å². The molecule has 1 aromatic heterocycles. The second-order valence-corrected chi connectivity index (χ2v) is 4.63. The fraction of sp³-hybridized carbons (Fsp3) is 0.500. The van der Waals surface area contributed by atoms with Crippen LogP contribution < -0.4 is 0 Å². The lowest BCUT2D eigenvalue weighted by molar-refractivity contribution is -0.142. The van der Waals surface area contributed by atoms with Gasteiger partial charge in [0.2, 0.25) is 0 Å². The van der Waals surface area contributed by atoms with Gasteiger partial charge in [-0.1, -0.05) is 6.92 Å². The van der Waals surface area contributed by atoms with E-state index in [-0.39, 0.29) is 5.92 Å². The van der Waals surface area contributed by atoms with Gasteiger partial charge in [-0.15, -0.1) is 11.3 Å². The molecule has 1 aliphatic rings. The van der Waals surface area contributed by atoms with Crippen molar-refractivity contribution in [3.05, 3.63) is 21.9 Å². The molecule has 2 atom stereocenters. The summed E-state index contributed by atoms with van der Waals surface area (Å²) in [5, 5.41) is 11.0. The Balaban J connectivity index is 2.28. The molecule has 0 amide bonds. The first-order valence-corrected chi connectivity index (χ1v) is 5.35. The molecule has 0 saturated heterocycles. The fourth-order valence-electron chi connectivity index (χ4n) is 2.02. The Hall–Kier alpha value is -0.830. The van der Waals surface area contributed by atoms with Crippen molar-refractivity contribution in [3.63, 3.8) is 0 Å². The van der Waals surface area contributed by atoms with Gasteiger partial charge in [0.15, 0.2) is 0 Å². The van der Waals surface area contributed by atoms with Crippen molar-refractivity contribution in [2.45, 2.75) is 25.7 Å². The van der Waals surface area contributed by atoms with Crippen molar-refractivity contribution in [1.29, 1.82) is 0 Å². The van der Waals surface area contributed by atoms with Crippen molar-refractivity contribution in [2.24, 2.45) is 5.92 Å². The minimum Gasteiger partial charge on any atom is -0.481 e. The highest BCUT2D eigenvalue weighted by molar-refractivity contribution is 7.10. The van der Waals surface area contributed by atoms with Crippen LogP contribution in [0.15, 0.2) is 11.4 Å². The molecular formula is C10H12O2S. The molecule has 1 aromatic rings. The standard InChI is InChI=1S/C10H12O2S/c1-6-4-8(10(11)12)5-7-2-3-13-9(6)7/h2-3,6,8H,4-5H2,1H3,(H,11,12). The second-order valence-electron chi connectivity index (χ2n) is 3.69. The number of aliphatic carboxylic acids is 1. The van der Waals surface area contributed by atoms with Gasteiger partial charge in [-0.05, 0) is 35.8 Å². The predicted molar refractivity (Wildman–Crippen MR) is 52.2 cm³/mol. The maximum Gasteiger partial charge on any atom is 0.306 e. The largest absolute Gasteiger partial charge is 0.481 e. The number of hydrogen-bond acceptors (Lipinski definition) is 2. The molecule has 1 heterocycles. The lowest BCUT2D eigenvalue weighted by atomic mass is 9.82. The Morgan fingerprint density at radius 3 is 3.15 bits per heavy atom. The summed E-state index contributed by atoms with van der Waals surface area (Å²) in [6, 6.07) is 2.06. The third-order valence-corrected chi connectivity index (χ3v) is 3.87. The van der Waals surface area contributed by atoms with Crippen LogP contribution in [0.2, 0.25) is 0 Å². The SMILES string of the molecule is CC1CC(C(=O)O)Cc2ccsc21. The van der Waals surface area contributed by atoms with Crippen LogP contribution in [0, 0.1) is 5.92 Å². The molecule has 0 fully saturated rings. The molecule has 0 radical (unpaired) electrons. The van der Waals surface area contributed by atoms with E-state index in [9.17, 15) is 4.79 Å². The molecule has 2 rings (SSSR count). The van der Waals surface area contributed by atoms with Gasteiger partial charge in [-0.25, -0.2) is 0 Å². The number of hydrogen-bond donors (Lipinski definition) is 1. The Labute approximate surface area is 81.2 Å². The van der Waals surface area contributed by atoms with Crippen LogP contribution in [0.4, 0.5) is 0 Å². The van der Waals surface area contributed by atoms with Crippen LogP contribution in [-0.2, 0) is 11.2 Å². The van der Waals surface area contributed by atoms with Crippen LogP contribution in [0.25, 0.3) is 0 Å². The first kappa shape index (κ1) is 8.75. The molecule has 70 valence electrons. The lowest BCUT2D eigenvalue weighted by Crippen LogP contribution is -2.22. The van der Waals surface area contributed by atoms with Gasteiger partial charge in [-0.2, -0.15) is 0 Å². The number of thiophene rings is 1. The first-order chi connectivity index (χ1) is 6.18. The zero-order valence-corrected chi connectivity index (χ0v) is 8.30. The van der Waals surface area contributed by atoms with Crippen LogP contribution >= 0.6 is 11.3 Å². The summed E-state index contributed by atoms with van der Waals surface area (Å²) in [6.45, 7) is 2.12. The van der Waals surface area contributed by atoms with Crippen molar-refractivity contribution < 1.29 is 9.90 Å². The molecule has 1 N–H and O–H groups in total. The second kappa shape index (κ2) is 3.14. The van der Waals surface area contributed by atoms with E-state index in [4.69, 9.17) is 5.11 Å². The molecule has 0 bridgehead atoms. The highest BCUT2D eigenvalue weighted by atomic mass is 32.1. The average molecular weight is 196 g/mol. The van der Waals surface area contributed by atoms with E-state index in [1.807, 2.05) is 0 Å². The first-order valence-electron chi connectivity index (χ1n) is 4.47. The average Bonchev–Trinajstić information content (AvgIpc) is 2.51. The summed E-state index contributed by atoms with van der Waals surface area (Å²) >= 11 is 1.75. The quantitative estimate of drug-likeness (QED) is 0.749. The predicted octanol–water partition coefficient (Wildman–Crippen LogP) is 2.50. The van der Waals surface area contributed by atoms with Crippen LogP contribution in [0.3, 0.4) is 0 Å². The summed E-state index contributed by atoms with van der Waals surface area (Å²) < 4.78 is 0. The van der Waals surface area contributed by atoms with E-state index in [1.165, 1.54) is 10.4 Å². The zero-order chi connectivity index (χ0) is 9.42. The number of rotatable bonds is 1. The van der Waals surface area contributed by atoms with E-state index < -0.39 is 5.97 Å². The number of carboxylic acids is 1. The molecule has 2 nitrogen and oxygen atoms in total. The highest BCUT2D eigenvalue weighted by Crippen LogP contribution is 2.37. The van der Waals surface area contributed by atoms with Gasteiger partial charge >= 0.3 is 5.97 Å². The van der Waals surface area contributed by atoms with E-state index >= 15 is 0 Å². The van der Waals surface area contributed by atoms with E-state index in [0.29, 0.717) is 5.92 Å². The topological polar surface area (TPSA) is 37.3 Å². The molecule has 2 unspecified atom stereocenters. The monoisotopic (exact) mass is 196 g/mol. The normalized spacial score (nSPS) is 26.8. The van der Waals surface area contributed by atoms with Crippen molar-refractivity contribution >= 4 is 17.3 Å².